The van der Waals surface area contributed by atoms with Crippen LogP contribution in [0.15, 0.2) is 67.3 Å². The molecule has 1 saturated heterocycles. The van der Waals surface area contributed by atoms with Crippen molar-refractivity contribution in [3.05, 3.63) is 95.8 Å². The van der Waals surface area contributed by atoms with Crippen molar-refractivity contribution < 1.29 is 54.1 Å². The molecule has 12 heteroatoms. The van der Waals surface area contributed by atoms with Crippen molar-refractivity contribution in [2.75, 3.05) is 13.2 Å². The molecule has 214 valence electrons. The van der Waals surface area contributed by atoms with Gasteiger partial charge in [0.2, 0.25) is 0 Å². The number of rotatable bonds is 9. The number of ether oxygens (including phenoxy) is 4. The Hall–Kier alpha value is -3.64. The van der Waals surface area contributed by atoms with E-state index in [2.05, 4.69) is 16.1 Å². The van der Waals surface area contributed by atoms with E-state index in [9.17, 15) is 35.1 Å². The fraction of sp³-hybridized carbons (Fsp3) is 0.286. The fourth-order valence-electron chi connectivity index (χ4n) is 4.09. The SMILES string of the molecule is C=CCCC1COC(c2cc(F)c(C(F)(F)Oc3ccc(-c4ccc(OC(F)(F)F)cc4)c(F)c3)c(F)c2)OC1. The van der Waals surface area contributed by atoms with Gasteiger partial charge in [0.15, 0.2) is 6.29 Å². The molecule has 1 fully saturated rings. The van der Waals surface area contributed by atoms with Crippen LogP contribution in [-0.2, 0) is 15.6 Å². The third-order valence-electron chi connectivity index (χ3n) is 5.96. The average molecular weight is 574 g/mol. The zero-order valence-electron chi connectivity index (χ0n) is 20.6. The molecular weight excluding hydrogens is 552 g/mol. The predicted molar refractivity (Wildman–Crippen MR) is 127 cm³/mol. The molecule has 0 atom stereocenters. The van der Waals surface area contributed by atoms with E-state index in [0.717, 1.165) is 49.2 Å². The topological polar surface area (TPSA) is 36.9 Å². The summed E-state index contributed by atoms with van der Waals surface area (Å²) in [7, 11) is 0. The van der Waals surface area contributed by atoms with E-state index in [1.165, 1.54) is 0 Å². The molecule has 0 bridgehead atoms. The molecule has 0 aliphatic carbocycles. The maximum Gasteiger partial charge on any atom is 0.573 e. The van der Waals surface area contributed by atoms with Gasteiger partial charge in [-0.25, -0.2) is 13.2 Å². The minimum absolute atomic E-state index is 0.0514. The van der Waals surface area contributed by atoms with Gasteiger partial charge in [0, 0.05) is 23.1 Å². The van der Waals surface area contributed by atoms with Crippen LogP contribution in [0.25, 0.3) is 11.1 Å². The molecule has 1 aliphatic heterocycles. The van der Waals surface area contributed by atoms with Gasteiger partial charge in [-0.15, -0.1) is 19.8 Å². The van der Waals surface area contributed by atoms with Crippen molar-refractivity contribution in [3.63, 3.8) is 0 Å². The molecule has 0 aromatic heterocycles. The quantitative estimate of drug-likeness (QED) is 0.190. The Morgan fingerprint density at radius 2 is 1.40 bits per heavy atom. The van der Waals surface area contributed by atoms with Gasteiger partial charge in [0.05, 0.1) is 13.2 Å². The molecule has 40 heavy (non-hydrogen) atoms. The highest BCUT2D eigenvalue weighted by molar-refractivity contribution is 5.65. The zero-order valence-corrected chi connectivity index (χ0v) is 20.6. The molecule has 1 aliphatic rings. The lowest BCUT2D eigenvalue weighted by molar-refractivity contribution is -0.274. The summed E-state index contributed by atoms with van der Waals surface area (Å²) >= 11 is 0. The van der Waals surface area contributed by atoms with E-state index in [1.807, 2.05) is 0 Å². The maximum atomic E-state index is 14.8. The Morgan fingerprint density at radius 3 is 1.95 bits per heavy atom. The van der Waals surface area contributed by atoms with Crippen molar-refractivity contribution in [3.8, 4) is 22.6 Å². The van der Waals surface area contributed by atoms with Crippen LogP contribution in [0.5, 0.6) is 11.5 Å². The normalized spacial score (nSPS) is 17.9. The third kappa shape index (κ3) is 7.11. The minimum atomic E-state index is -4.91. The summed E-state index contributed by atoms with van der Waals surface area (Å²) < 4.78 is 130. The molecule has 0 N–H and O–H groups in total. The number of hydrogen-bond acceptors (Lipinski definition) is 4. The highest BCUT2D eigenvalue weighted by Crippen LogP contribution is 2.38. The van der Waals surface area contributed by atoms with Crippen molar-refractivity contribution in [1.82, 2.24) is 0 Å². The van der Waals surface area contributed by atoms with Crippen LogP contribution in [0.3, 0.4) is 0 Å². The maximum absolute atomic E-state index is 14.8. The molecule has 0 radical (unpaired) electrons. The molecular formula is C28H22F8O4. The minimum Gasteiger partial charge on any atom is -0.429 e. The van der Waals surface area contributed by atoms with Crippen molar-refractivity contribution >= 4 is 0 Å². The molecule has 0 saturated carbocycles. The highest BCUT2D eigenvalue weighted by atomic mass is 19.4. The monoisotopic (exact) mass is 574 g/mol. The summed E-state index contributed by atoms with van der Waals surface area (Å²) in [4.78, 5) is 0. The van der Waals surface area contributed by atoms with Gasteiger partial charge in [-0.1, -0.05) is 18.2 Å². The number of benzene rings is 3. The lowest BCUT2D eigenvalue weighted by Crippen LogP contribution is -2.28. The van der Waals surface area contributed by atoms with Gasteiger partial charge in [-0.3, -0.25) is 0 Å². The largest absolute Gasteiger partial charge is 0.573 e. The summed E-state index contributed by atoms with van der Waals surface area (Å²) in [6, 6.07) is 7.95. The second kappa shape index (κ2) is 11.8. The summed E-state index contributed by atoms with van der Waals surface area (Å²) in [6.07, 6.45) is -7.39. The van der Waals surface area contributed by atoms with Crippen LogP contribution in [0.1, 0.15) is 30.3 Å². The Morgan fingerprint density at radius 1 is 0.800 bits per heavy atom. The van der Waals surface area contributed by atoms with E-state index < -0.39 is 53.3 Å². The first-order chi connectivity index (χ1) is 18.9. The highest BCUT2D eigenvalue weighted by Gasteiger charge is 2.42. The van der Waals surface area contributed by atoms with Gasteiger partial charge < -0.3 is 18.9 Å². The molecule has 0 spiro atoms. The summed E-state index contributed by atoms with van der Waals surface area (Å²) in [5, 5.41) is 0. The van der Waals surface area contributed by atoms with Crippen LogP contribution in [0.4, 0.5) is 35.1 Å². The van der Waals surface area contributed by atoms with Gasteiger partial charge in [-0.05, 0) is 54.8 Å². The average Bonchev–Trinajstić information content (AvgIpc) is 2.87. The fourth-order valence-corrected chi connectivity index (χ4v) is 4.09. The predicted octanol–water partition coefficient (Wildman–Crippen LogP) is 8.43. The van der Waals surface area contributed by atoms with E-state index in [0.29, 0.717) is 18.2 Å². The number of halogens is 8. The Balaban J connectivity index is 1.47. The molecule has 3 aromatic carbocycles. The van der Waals surface area contributed by atoms with E-state index >= 15 is 0 Å². The zero-order chi connectivity index (χ0) is 29.1. The smallest absolute Gasteiger partial charge is 0.429 e. The molecule has 0 unspecified atom stereocenters. The Labute approximate surface area is 223 Å². The summed E-state index contributed by atoms with van der Waals surface area (Å²) in [5.74, 6) is -5.57. The van der Waals surface area contributed by atoms with Crippen LogP contribution in [-0.4, -0.2) is 19.6 Å². The second-order valence-corrected chi connectivity index (χ2v) is 8.92. The molecule has 4 rings (SSSR count). The number of alkyl halides is 5. The van der Waals surface area contributed by atoms with E-state index in [1.54, 1.807) is 6.08 Å². The first kappa shape index (κ1) is 29.3. The summed E-state index contributed by atoms with van der Waals surface area (Å²) in [5.41, 5.74) is -1.88. The lowest BCUT2D eigenvalue weighted by Gasteiger charge is -2.30. The van der Waals surface area contributed by atoms with Crippen LogP contribution in [0, 0.1) is 23.4 Å². The van der Waals surface area contributed by atoms with Gasteiger partial charge in [0.1, 0.15) is 34.5 Å². The third-order valence-corrected chi connectivity index (χ3v) is 5.96. The first-order valence-corrected chi connectivity index (χ1v) is 11.9. The second-order valence-electron chi connectivity index (χ2n) is 8.92. The standard InChI is InChI=1S/C28H22F8O4/c1-2-3-4-16-14-37-26(38-15-16)18-11-23(30)25(24(31)12-18)27(32,33)39-20-9-10-21(22(29)13-20)17-5-7-19(8-6-17)40-28(34,35)36/h2,5-13,16,26H,1,3-4,14-15H2. The van der Waals surface area contributed by atoms with E-state index in [-0.39, 0.29) is 35.8 Å². The van der Waals surface area contributed by atoms with E-state index in [4.69, 9.17) is 9.47 Å². The molecule has 3 aromatic rings. The van der Waals surface area contributed by atoms with Gasteiger partial charge >= 0.3 is 12.5 Å². The Bertz CT molecular complexity index is 1310. The summed E-state index contributed by atoms with van der Waals surface area (Å²) in [6.45, 7) is 4.12. The van der Waals surface area contributed by atoms with Crippen molar-refractivity contribution in [2.45, 2.75) is 31.6 Å². The van der Waals surface area contributed by atoms with Crippen LogP contribution >= 0.6 is 0 Å². The van der Waals surface area contributed by atoms with Crippen molar-refractivity contribution in [2.24, 2.45) is 5.92 Å². The first-order valence-electron chi connectivity index (χ1n) is 11.9. The van der Waals surface area contributed by atoms with Gasteiger partial charge in [0.25, 0.3) is 0 Å². The van der Waals surface area contributed by atoms with Crippen LogP contribution in [0.2, 0.25) is 0 Å². The van der Waals surface area contributed by atoms with Crippen molar-refractivity contribution in [1.29, 1.82) is 0 Å². The molecule has 0 amide bonds. The van der Waals surface area contributed by atoms with Crippen LogP contribution < -0.4 is 9.47 Å². The Kier molecular flexibility index (Phi) is 8.69. The van der Waals surface area contributed by atoms with Gasteiger partial charge in [-0.2, -0.15) is 8.78 Å². The lowest BCUT2D eigenvalue weighted by atomic mass is 10.0. The molecule has 1 heterocycles. The molecule has 4 nitrogen and oxygen atoms in total. The number of hydrogen-bond donors (Lipinski definition) is 0. The number of allylic oxidation sites excluding steroid dienone is 1.